The van der Waals surface area contributed by atoms with Crippen LogP contribution in [0.2, 0.25) is 0 Å². The van der Waals surface area contributed by atoms with E-state index in [1.54, 1.807) is 25.3 Å². The van der Waals surface area contributed by atoms with Gasteiger partial charge in [-0.2, -0.15) is 0 Å². The number of esters is 1. The predicted octanol–water partition coefficient (Wildman–Crippen LogP) is 3.42. The molecule has 6 heteroatoms. The lowest BCUT2D eigenvalue weighted by atomic mass is 10.1. The van der Waals surface area contributed by atoms with Crippen LogP contribution in [0.15, 0.2) is 60.7 Å². The Hall–Kier alpha value is -3.54. The lowest BCUT2D eigenvalue weighted by molar-refractivity contribution is -0.129. The number of carbonyl (C=O) groups is 2. The first-order chi connectivity index (χ1) is 13.5. The average Bonchev–Trinajstić information content (AvgIpc) is 2.71. The number of rotatable bonds is 6. The highest BCUT2D eigenvalue weighted by atomic mass is 16.5. The Morgan fingerprint density at radius 2 is 1.68 bits per heavy atom. The zero-order valence-electron chi connectivity index (χ0n) is 15.6. The van der Waals surface area contributed by atoms with Gasteiger partial charge >= 0.3 is 5.97 Å². The Morgan fingerprint density at radius 3 is 2.32 bits per heavy atom. The van der Waals surface area contributed by atoms with Crippen molar-refractivity contribution in [1.29, 1.82) is 0 Å². The molecule has 0 unspecified atom stereocenters. The van der Waals surface area contributed by atoms with Gasteiger partial charge in [0.2, 0.25) is 0 Å². The van der Waals surface area contributed by atoms with Crippen molar-refractivity contribution in [2.75, 3.05) is 7.11 Å². The van der Waals surface area contributed by atoms with Gasteiger partial charge in [0.1, 0.15) is 17.1 Å². The molecule has 0 radical (unpaired) electrons. The molecule has 0 saturated carbocycles. The molecule has 3 rings (SSSR count). The van der Waals surface area contributed by atoms with Crippen molar-refractivity contribution in [1.82, 2.24) is 5.32 Å². The van der Waals surface area contributed by atoms with Crippen molar-refractivity contribution >= 4 is 22.6 Å². The van der Waals surface area contributed by atoms with Crippen LogP contribution in [0.25, 0.3) is 10.8 Å². The van der Waals surface area contributed by atoms with E-state index in [4.69, 9.17) is 9.47 Å². The van der Waals surface area contributed by atoms with Crippen molar-refractivity contribution in [3.63, 3.8) is 0 Å². The maximum Gasteiger partial charge on any atom is 0.342 e. The standard InChI is InChI=1S/C22H21NO5/c1-14(21(25)23-13-15-7-9-18(27-2)10-8-15)28-22(26)19-11-16-5-3-4-6-17(16)12-20(19)24/h3-12,14,24H,13H2,1-2H3,(H,23,25)/t14-/m1/s1. The summed E-state index contributed by atoms with van der Waals surface area (Å²) in [4.78, 5) is 24.6. The van der Waals surface area contributed by atoms with Crippen LogP contribution >= 0.6 is 0 Å². The molecule has 0 saturated heterocycles. The number of methoxy groups -OCH3 is 1. The summed E-state index contributed by atoms with van der Waals surface area (Å²) in [5.41, 5.74) is 0.911. The summed E-state index contributed by atoms with van der Waals surface area (Å²) in [5, 5.41) is 14.4. The van der Waals surface area contributed by atoms with E-state index in [0.29, 0.717) is 6.54 Å². The SMILES string of the molecule is COc1ccc(CNC(=O)[C@@H](C)OC(=O)c2cc3ccccc3cc2O)cc1. The number of carbonyl (C=O) groups excluding carboxylic acids is 2. The van der Waals surface area contributed by atoms with E-state index in [1.165, 1.54) is 13.0 Å². The Balaban J connectivity index is 1.61. The molecule has 0 spiro atoms. The number of amides is 1. The second-order valence-corrected chi connectivity index (χ2v) is 6.33. The molecular weight excluding hydrogens is 358 g/mol. The van der Waals surface area contributed by atoms with Gasteiger partial charge in [-0.1, -0.05) is 36.4 Å². The fourth-order valence-electron chi connectivity index (χ4n) is 2.75. The van der Waals surface area contributed by atoms with Crippen LogP contribution in [0.3, 0.4) is 0 Å². The van der Waals surface area contributed by atoms with Gasteiger partial charge in [-0.25, -0.2) is 4.79 Å². The minimum Gasteiger partial charge on any atom is -0.507 e. The Morgan fingerprint density at radius 1 is 1.04 bits per heavy atom. The van der Waals surface area contributed by atoms with E-state index in [1.807, 2.05) is 36.4 Å². The van der Waals surface area contributed by atoms with Crippen LogP contribution < -0.4 is 10.1 Å². The smallest absolute Gasteiger partial charge is 0.342 e. The Kier molecular flexibility index (Phi) is 5.79. The second-order valence-electron chi connectivity index (χ2n) is 6.33. The molecule has 0 aliphatic carbocycles. The number of aromatic hydroxyl groups is 1. The maximum atomic E-state index is 12.4. The predicted molar refractivity (Wildman–Crippen MR) is 105 cm³/mol. The third kappa shape index (κ3) is 4.40. The van der Waals surface area contributed by atoms with Gasteiger partial charge in [-0.15, -0.1) is 0 Å². The fourth-order valence-corrected chi connectivity index (χ4v) is 2.75. The summed E-state index contributed by atoms with van der Waals surface area (Å²) in [6.45, 7) is 1.78. The minimum atomic E-state index is -1.00. The van der Waals surface area contributed by atoms with Crippen LogP contribution in [0.4, 0.5) is 0 Å². The molecule has 0 aromatic heterocycles. The van der Waals surface area contributed by atoms with Crippen LogP contribution in [0, 0.1) is 0 Å². The maximum absolute atomic E-state index is 12.4. The van der Waals surface area contributed by atoms with E-state index in [0.717, 1.165) is 22.1 Å². The van der Waals surface area contributed by atoms with E-state index in [9.17, 15) is 14.7 Å². The topological polar surface area (TPSA) is 84.9 Å². The highest BCUT2D eigenvalue weighted by Crippen LogP contribution is 2.25. The van der Waals surface area contributed by atoms with Gasteiger partial charge < -0.3 is 19.9 Å². The summed E-state index contributed by atoms with van der Waals surface area (Å²) in [6.07, 6.45) is -1.00. The number of nitrogens with one attached hydrogen (secondary N) is 1. The number of hydrogen-bond donors (Lipinski definition) is 2. The lowest BCUT2D eigenvalue weighted by Gasteiger charge is -2.14. The Labute approximate surface area is 162 Å². The second kappa shape index (κ2) is 8.43. The van der Waals surface area contributed by atoms with E-state index in [2.05, 4.69) is 5.32 Å². The summed E-state index contributed by atoms with van der Waals surface area (Å²) < 4.78 is 10.3. The highest BCUT2D eigenvalue weighted by Gasteiger charge is 2.21. The van der Waals surface area contributed by atoms with Crippen molar-refractivity contribution in [3.05, 3.63) is 71.8 Å². The van der Waals surface area contributed by atoms with Crippen LogP contribution in [0.5, 0.6) is 11.5 Å². The summed E-state index contributed by atoms with van der Waals surface area (Å²) in [5.74, 6) is -0.637. The first kappa shape index (κ1) is 19.2. The summed E-state index contributed by atoms with van der Waals surface area (Å²) in [7, 11) is 1.58. The van der Waals surface area contributed by atoms with Crippen molar-refractivity contribution in [2.24, 2.45) is 0 Å². The normalized spacial score (nSPS) is 11.6. The van der Waals surface area contributed by atoms with Crippen molar-refractivity contribution in [3.8, 4) is 11.5 Å². The van der Waals surface area contributed by atoms with E-state index < -0.39 is 18.0 Å². The molecule has 3 aromatic carbocycles. The van der Waals surface area contributed by atoms with Crippen LogP contribution in [-0.4, -0.2) is 30.2 Å². The number of hydrogen-bond acceptors (Lipinski definition) is 5. The van der Waals surface area contributed by atoms with Gasteiger partial charge in [-0.3, -0.25) is 4.79 Å². The third-order valence-electron chi connectivity index (χ3n) is 4.36. The molecule has 0 bridgehead atoms. The molecule has 0 heterocycles. The van der Waals surface area contributed by atoms with Crippen LogP contribution in [0.1, 0.15) is 22.8 Å². The fraction of sp³-hybridized carbons (Fsp3) is 0.182. The molecule has 144 valence electrons. The van der Waals surface area contributed by atoms with Crippen molar-refractivity contribution < 1.29 is 24.2 Å². The summed E-state index contributed by atoms with van der Waals surface area (Å²) >= 11 is 0. The quantitative estimate of drug-likeness (QED) is 0.641. The molecular formula is C22H21NO5. The number of phenolic OH excluding ortho intramolecular Hbond substituents is 1. The molecule has 2 N–H and O–H groups in total. The average molecular weight is 379 g/mol. The molecule has 6 nitrogen and oxygen atoms in total. The van der Waals surface area contributed by atoms with Gasteiger partial charge in [-0.05, 0) is 47.5 Å². The number of fused-ring (bicyclic) bond motifs is 1. The molecule has 0 aliphatic rings. The third-order valence-corrected chi connectivity index (χ3v) is 4.36. The van der Waals surface area contributed by atoms with Crippen LogP contribution in [-0.2, 0) is 16.1 Å². The number of benzene rings is 3. The molecule has 3 aromatic rings. The molecule has 0 aliphatic heterocycles. The van der Waals surface area contributed by atoms with Gasteiger partial charge in [0.25, 0.3) is 5.91 Å². The first-order valence-corrected chi connectivity index (χ1v) is 8.81. The zero-order chi connectivity index (χ0) is 20.1. The van der Waals surface area contributed by atoms with E-state index >= 15 is 0 Å². The molecule has 28 heavy (non-hydrogen) atoms. The monoisotopic (exact) mass is 379 g/mol. The minimum absolute atomic E-state index is 0.0218. The van der Waals surface area contributed by atoms with Gasteiger partial charge in [0.05, 0.1) is 7.11 Å². The number of ether oxygens (including phenoxy) is 2. The molecule has 1 amide bonds. The molecule has 1 atom stereocenters. The number of phenols is 1. The van der Waals surface area contributed by atoms with Gasteiger partial charge in [0, 0.05) is 6.54 Å². The largest absolute Gasteiger partial charge is 0.507 e. The van der Waals surface area contributed by atoms with E-state index in [-0.39, 0.29) is 11.3 Å². The summed E-state index contributed by atoms with van der Waals surface area (Å²) in [6, 6.07) is 17.7. The Bertz CT molecular complexity index is 997. The van der Waals surface area contributed by atoms with Crippen molar-refractivity contribution in [2.45, 2.75) is 19.6 Å². The lowest BCUT2D eigenvalue weighted by Crippen LogP contribution is -2.35. The first-order valence-electron chi connectivity index (χ1n) is 8.81. The van der Waals surface area contributed by atoms with Gasteiger partial charge in [0.15, 0.2) is 6.10 Å². The zero-order valence-corrected chi connectivity index (χ0v) is 15.6. The highest BCUT2D eigenvalue weighted by molar-refractivity contribution is 5.99. The molecule has 0 fully saturated rings.